The van der Waals surface area contributed by atoms with E-state index in [1.807, 2.05) is 56.5 Å². The number of nitrogens with zero attached hydrogens (tertiary/aromatic N) is 5. The van der Waals surface area contributed by atoms with Crippen molar-refractivity contribution in [2.45, 2.75) is 78.4 Å². The number of H-pyrrole nitrogens is 2. The summed E-state index contributed by atoms with van der Waals surface area (Å²) >= 11 is 0. The molecule has 0 bridgehead atoms. The lowest BCUT2D eigenvalue weighted by atomic mass is 10.0. The monoisotopic (exact) mass is 837 g/mol. The summed E-state index contributed by atoms with van der Waals surface area (Å²) in [6, 6.07) is 9.32. The van der Waals surface area contributed by atoms with Crippen LogP contribution < -0.4 is 15.4 Å². The number of carbonyl (C=O) groups excluding carboxylic acids is 4. The first-order chi connectivity index (χ1) is 29.3. The van der Waals surface area contributed by atoms with Gasteiger partial charge >= 0.3 is 12.2 Å². The van der Waals surface area contributed by atoms with Gasteiger partial charge in [-0.05, 0) is 61.4 Å². The number of nitrogens with one attached hydrogen (secondary N) is 4. The van der Waals surface area contributed by atoms with Crippen LogP contribution in [0, 0.1) is 17.7 Å². The van der Waals surface area contributed by atoms with E-state index >= 15 is 4.39 Å². The van der Waals surface area contributed by atoms with Crippen LogP contribution in [-0.4, -0.2) is 97.7 Å². The summed E-state index contributed by atoms with van der Waals surface area (Å²) in [5.41, 5.74) is 4.75. The molecular formula is C44H52FN9O7. The van der Waals surface area contributed by atoms with Gasteiger partial charge < -0.3 is 49.2 Å². The molecule has 2 aliphatic rings. The Morgan fingerprint density at radius 2 is 1.69 bits per heavy atom. The average Bonchev–Trinajstić information content (AvgIpc) is 4.08. The van der Waals surface area contributed by atoms with E-state index in [4.69, 9.17) is 14.2 Å². The van der Waals surface area contributed by atoms with Gasteiger partial charge in [0.25, 0.3) is 0 Å². The molecule has 0 saturated carbocycles. The summed E-state index contributed by atoms with van der Waals surface area (Å²) < 4.78 is 33.6. The SMILES string of the molecule is C=CCCN(Cc1ncc(-c2cc3cc4n(c3cc2F)COc2cc(-c3cnc(C5CCCN5C(=O)C(NC(=O)OC)C(C)C)[nH]3)ccc2-4)[nH]1)C(=O)C(NC(=O)OC)C(C)C. The highest BCUT2D eigenvalue weighted by atomic mass is 19.1. The third-order valence-corrected chi connectivity index (χ3v) is 11.3. The zero-order valence-corrected chi connectivity index (χ0v) is 35.2. The molecule has 2 aliphatic heterocycles. The summed E-state index contributed by atoms with van der Waals surface area (Å²) in [4.78, 5) is 70.4. The fraction of sp³-hybridized carbons (Fsp3) is 0.409. The maximum atomic E-state index is 15.9. The maximum Gasteiger partial charge on any atom is 0.407 e. The number of hydrogen-bond donors (Lipinski definition) is 4. The molecule has 0 aliphatic carbocycles. The number of ether oxygens (including phenoxy) is 3. The number of aromatic amines is 2. The largest absolute Gasteiger partial charge is 0.472 e. The molecule has 322 valence electrons. The van der Waals surface area contributed by atoms with Crippen molar-refractivity contribution < 1.29 is 37.8 Å². The molecule has 16 nitrogen and oxygen atoms in total. The molecule has 4 N–H and O–H groups in total. The molecule has 1 saturated heterocycles. The lowest BCUT2D eigenvalue weighted by molar-refractivity contribution is -0.136. The first-order valence-corrected chi connectivity index (χ1v) is 20.4. The molecule has 2 aromatic carbocycles. The summed E-state index contributed by atoms with van der Waals surface area (Å²) in [7, 11) is 2.52. The number of imidazole rings is 2. The second kappa shape index (κ2) is 17.9. The molecule has 3 unspecified atom stereocenters. The van der Waals surface area contributed by atoms with Crippen LogP contribution >= 0.6 is 0 Å². The number of amides is 4. The van der Waals surface area contributed by atoms with Gasteiger partial charge in [-0.3, -0.25) is 9.59 Å². The molecule has 17 heteroatoms. The number of alkyl carbamates (subject to hydrolysis) is 2. The van der Waals surface area contributed by atoms with Gasteiger partial charge in [0.15, 0.2) is 6.73 Å². The summed E-state index contributed by atoms with van der Waals surface area (Å²) in [6.07, 6.45) is 5.71. The summed E-state index contributed by atoms with van der Waals surface area (Å²) in [5.74, 6) is 0.489. The molecular weight excluding hydrogens is 786 g/mol. The Hall–Kier alpha value is -6.65. The van der Waals surface area contributed by atoms with Gasteiger partial charge in [-0.1, -0.05) is 39.8 Å². The summed E-state index contributed by atoms with van der Waals surface area (Å²) in [6.45, 7) is 12.4. The van der Waals surface area contributed by atoms with E-state index in [2.05, 4.69) is 37.1 Å². The summed E-state index contributed by atoms with van der Waals surface area (Å²) in [5, 5.41) is 6.11. The molecule has 7 rings (SSSR count). The molecule has 5 aromatic rings. The van der Waals surface area contributed by atoms with Gasteiger partial charge in [0.1, 0.15) is 35.3 Å². The van der Waals surface area contributed by atoms with Crippen molar-refractivity contribution in [2.24, 2.45) is 11.8 Å². The molecule has 5 heterocycles. The number of rotatable bonds is 14. The highest BCUT2D eigenvalue weighted by Gasteiger charge is 2.38. The van der Waals surface area contributed by atoms with Crippen LogP contribution in [0.3, 0.4) is 0 Å². The van der Waals surface area contributed by atoms with E-state index in [-0.39, 0.29) is 43.0 Å². The molecule has 1 fully saturated rings. The average molecular weight is 838 g/mol. The van der Waals surface area contributed by atoms with E-state index < -0.39 is 30.1 Å². The van der Waals surface area contributed by atoms with Crippen LogP contribution in [0.5, 0.6) is 5.75 Å². The van der Waals surface area contributed by atoms with Gasteiger partial charge in [-0.2, -0.15) is 0 Å². The van der Waals surface area contributed by atoms with Crippen LogP contribution in [0.4, 0.5) is 14.0 Å². The minimum absolute atomic E-state index is 0.104. The molecule has 61 heavy (non-hydrogen) atoms. The predicted molar refractivity (Wildman–Crippen MR) is 225 cm³/mol. The van der Waals surface area contributed by atoms with E-state index in [1.165, 1.54) is 20.3 Å². The van der Waals surface area contributed by atoms with E-state index in [1.54, 1.807) is 34.3 Å². The van der Waals surface area contributed by atoms with Gasteiger partial charge in [0, 0.05) is 35.2 Å². The van der Waals surface area contributed by atoms with Crippen LogP contribution in [0.15, 0.2) is 61.4 Å². The van der Waals surface area contributed by atoms with Crippen molar-refractivity contribution in [3.8, 4) is 39.5 Å². The number of fused-ring (bicyclic) bond motifs is 5. The Morgan fingerprint density at radius 3 is 2.39 bits per heavy atom. The van der Waals surface area contributed by atoms with Crippen LogP contribution in [-0.2, 0) is 32.3 Å². The van der Waals surface area contributed by atoms with Crippen molar-refractivity contribution in [3.63, 3.8) is 0 Å². The molecule has 0 spiro atoms. The molecule has 4 amide bonds. The normalized spacial score (nSPS) is 15.5. The third-order valence-electron chi connectivity index (χ3n) is 11.3. The first kappa shape index (κ1) is 42.5. The maximum absolute atomic E-state index is 15.9. The zero-order chi connectivity index (χ0) is 43.5. The third kappa shape index (κ3) is 8.67. The molecule has 0 radical (unpaired) electrons. The number of halogens is 1. The number of benzene rings is 2. The number of carbonyl (C=O) groups is 4. The fourth-order valence-corrected chi connectivity index (χ4v) is 8.02. The van der Waals surface area contributed by atoms with Crippen molar-refractivity contribution >= 4 is 34.9 Å². The van der Waals surface area contributed by atoms with Gasteiger partial charge in [-0.15, -0.1) is 6.58 Å². The molecule has 3 atom stereocenters. The Labute approximate surface area is 352 Å². The Balaban J connectivity index is 1.10. The van der Waals surface area contributed by atoms with Crippen LogP contribution in [0.2, 0.25) is 0 Å². The van der Waals surface area contributed by atoms with Gasteiger partial charge in [0.2, 0.25) is 11.8 Å². The smallest absolute Gasteiger partial charge is 0.407 e. The van der Waals surface area contributed by atoms with Crippen molar-refractivity contribution in [2.75, 3.05) is 27.3 Å². The van der Waals surface area contributed by atoms with Gasteiger partial charge in [0.05, 0.1) is 61.8 Å². The quantitative estimate of drug-likeness (QED) is 0.0862. The minimum Gasteiger partial charge on any atom is -0.472 e. The Kier molecular flexibility index (Phi) is 12.5. The van der Waals surface area contributed by atoms with E-state index in [0.29, 0.717) is 53.7 Å². The Morgan fingerprint density at radius 1 is 0.967 bits per heavy atom. The lowest BCUT2D eigenvalue weighted by Gasteiger charge is -2.30. The standard InChI is InChI=1S/C44H52FN9O7/c1-8-9-14-52(41(55)38(24(2)3)50-43(57)59-6)22-37-46-21-32(48-37)29-16-27-17-35-28-13-12-26(18-36(28)61-23-54(35)34(27)19-30(29)45)31-20-47-40(49-31)33-11-10-15-53(33)42(56)39(25(4)5)51-44(58)60-7/h8,12-13,16-21,24-25,33,38-39H,1,9-11,14-15,22-23H2,2-7H3,(H,46,48)(H,47,49)(H,50,57)(H,51,58). The van der Waals surface area contributed by atoms with Crippen LogP contribution in [0.25, 0.3) is 44.7 Å². The first-order valence-electron chi connectivity index (χ1n) is 20.4. The van der Waals surface area contributed by atoms with Crippen LogP contribution in [0.1, 0.15) is 64.6 Å². The zero-order valence-electron chi connectivity index (χ0n) is 35.2. The highest BCUT2D eigenvalue weighted by Crippen LogP contribution is 2.42. The van der Waals surface area contributed by atoms with Crippen molar-refractivity contribution in [1.29, 1.82) is 0 Å². The second-order valence-electron chi connectivity index (χ2n) is 16.0. The topological polar surface area (TPSA) is 189 Å². The van der Waals surface area contributed by atoms with Crippen molar-refractivity contribution in [1.82, 2.24) is 44.9 Å². The second-order valence-corrected chi connectivity index (χ2v) is 16.0. The van der Waals surface area contributed by atoms with Crippen molar-refractivity contribution in [3.05, 3.63) is 78.9 Å². The number of hydrogen-bond acceptors (Lipinski definition) is 9. The predicted octanol–water partition coefficient (Wildman–Crippen LogP) is 6.91. The van der Waals surface area contributed by atoms with E-state index in [9.17, 15) is 19.2 Å². The fourth-order valence-electron chi connectivity index (χ4n) is 8.02. The van der Waals surface area contributed by atoms with Gasteiger partial charge in [-0.25, -0.2) is 23.9 Å². The highest BCUT2D eigenvalue weighted by molar-refractivity contribution is 5.92. The lowest BCUT2D eigenvalue weighted by Crippen LogP contribution is -2.51. The number of aromatic nitrogens is 5. The number of likely N-dealkylation sites (tertiary alicyclic amines) is 1. The minimum atomic E-state index is -0.819. The molecule has 3 aromatic heterocycles. The Bertz CT molecular complexity index is 2450. The number of methoxy groups -OCH3 is 2. The van der Waals surface area contributed by atoms with E-state index in [0.717, 1.165) is 40.7 Å².